The molecule has 0 aliphatic carbocycles. The maximum atomic E-state index is 10.8. The van der Waals surface area contributed by atoms with Gasteiger partial charge < -0.3 is 14.1 Å². The summed E-state index contributed by atoms with van der Waals surface area (Å²) < 4.78 is 33.1. The predicted octanol–water partition coefficient (Wildman–Crippen LogP) is 7.24. The summed E-state index contributed by atoms with van der Waals surface area (Å²) in [6.07, 6.45) is 18.3. The van der Waals surface area contributed by atoms with Crippen molar-refractivity contribution in [3.05, 3.63) is 34.9 Å². The molecule has 1 aromatic rings. The fraction of sp³-hybridized carbons (Fsp3) is 0.806. The first-order valence-corrected chi connectivity index (χ1v) is 16.5. The van der Waals surface area contributed by atoms with E-state index < -0.39 is 22.0 Å². The molecule has 1 aromatic carbocycles. The lowest BCUT2D eigenvalue weighted by Gasteiger charge is -2.32. The molecular formula is C31H57NO4S. The topological polar surface area (TPSA) is 77.4 Å². The standard InChI is InChI=1S/C31H57NO4S/c1-6-7-8-9-13-16-19-29(30-23-27(2)22-28(3)24-30)20-17-14-11-10-12-15-18-21-32(4,5)25-31(33)26-37(34,35)36/h22-24,29,31,33H,6-21,25-26H2,1-5H3. The monoisotopic (exact) mass is 539 g/mol. The number of unbranched alkanes of at least 4 members (excludes halogenated alkanes) is 11. The Bertz CT molecular complexity index is 817. The molecule has 0 radical (unpaired) electrons. The average Bonchev–Trinajstić information content (AvgIpc) is 2.76. The second-order valence-electron chi connectivity index (χ2n) is 12.2. The zero-order chi connectivity index (χ0) is 27.7. The van der Waals surface area contributed by atoms with Crippen LogP contribution in [0.4, 0.5) is 0 Å². The Balaban J connectivity index is 2.29. The van der Waals surface area contributed by atoms with Gasteiger partial charge in [0.25, 0.3) is 0 Å². The molecule has 1 N–H and O–H groups in total. The largest absolute Gasteiger partial charge is 0.748 e. The number of rotatable bonds is 22. The molecule has 2 atom stereocenters. The fourth-order valence-electron chi connectivity index (χ4n) is 5.66. The highest BCUT2D eigenvalue weighted by Gasteiger charge is 2.21. The normalized spacial score (nSPS) is 14.1. The Hall–Kier alpha value is -0.950. The Morgan fingerprint density at radius 3 is 1.73 bits per heavy atom. The first kappa shape index (κ1) is 34.1. The van der Waals surface area contributed by atoms with Gasteiger partial charge in [-0.2, -0.15) is 0 Å². The Morgan fingerprint density at radius 1 is 0.784 bits per heavy atom. The summed E-state index contributed by atoms with van der Waals surface area (Å²) in [5.74, 6) is -0.00503. The fourth-order valence-corrected chi connectivity index (χ4v) is 6.24. The second kappa shape index (κ2) is 18.4. The molecule has 0 spiro atoms. The van der Waals surface area contributed by atoms with Gasteiger partial charge in [0.2, 0.25) is 0 Å². The van der Waals surface area contributed by atoms with Gasteiger partial charge in [0, 0.05) is 0 Å². The van der Waals surface area contributed by atoms with Crippen molar-refractivity contribution < 1.29 is 22.6 Å². The van der Waals surface area contributed by atoms with Crippen molar-refractivity contribution in [1.29, 1.82) is 0 Å². The van der Waals surface area contributed by atoms with Gasteiger partial charge in [-0.1, -0.05) is 107 Å². The van der Waals surface area contributed by atoms with Crippen molar-refractivity contribution in [2.24, 2.45) is 0 Å². The number of nitrogens with zero attached hydrogens (tertiary/aromatic N) is 1. The number of likely N-dealkylation sites (N-methyl/N-ethyl adjacent to an activating group) is 1. The highest BCUT2D eigenvalue weighted by atomic mass is 32.2. The molecule has 0 bridgehead atoms. The molecule has 0 saturated heterocycles. The third-order valence-electron chi connectivity index (χ3n) is 7.54. The van der Waals surface area contributed by atoms with Crippen LogP contribution >= 0.6 is 0 Å². The molecular weight excluding hydrogens is 482 g/mol. The van der Waals surface area contributed by atoms with Gasteiger partial charge in [-0.05, 0) is 51.0 Å². The van der Waals surface area contributed by atoms with Crippen LogP contribution in [0.5, 0.6) is 0 Å². The molecule has 37 heavy (non-hydrogen) atoms. The summed E-state index contributed by atoms with van der Waals surface area (Å²) in [7, 11) is -0.413. The smallest absolute Gasteiger partial charge is 0.116 e. The Labute approximate surface area is 229 Å². The highest BCUT2D eigenvalue weighted by Crippen LogP contribution is 2.30. The van der Waals surface area contributed by atoms with Crippen molar-refractivity contribution in [2.75, 3.05) is 32.9 Å². The van der Waals surface area contributed by atoms with E-state index >= 15 is 0 Å². The van der Waals surface area contributed by atoms with Crippen molar-refractivity contribution in [3.8, 4) is 0 Å². The first-order valence-electron chi connectivity index (χ1n) is 14.9. The molecule has 0 aromatic heterocycles. The molecule has 5 nitrogen and oxygen atoms in total. The third kappa shape index (κ3) is 18.1. The Kier molecular flexibility index (Phi) is 16.9. The zero-order valence-corrected chi connectivity index (χ0v) is 25.5. The van der Waals surface area contributed by atoms with Gasteiger partial charge in [-0.25, -0.2) is 8.42 Å². The van der Waals surface area contributed by atoms with Crippen LogP contribution in [0, 0.1) is 13.8 Å². The lowest BCUT2D eigenvalue weighted by atomic mass is 9.86. The number of hydrogen-bond donors (Lipinski definition) is 1. The van der Waals surface area contributed by atoms with E-state index in [0.29, 0.717) is 16.9 Å². The average molecular weight is 540 g/mol. The number of aliphatic hydroxyl groups is 1. The van der Waals surface area contributed by atoms with Gasteiger partial charge in [0.05, 0.1) is 36.5 Å². The van der Waals surface area contributed by atoms with Crippen LogP contribution in [0.2, 0.25) is 0 Å². The molecule has 0 fully saturated rings. The van der Waals surface area contributed by atoms with Gasteiger partial charge in [0.1, 0.15) is 12.6 Å². The number of aryl methyl sites for hydroxylation is 2. The summed E-state index contributed by atoms with van der Waals surface area (Å²) in [5, 5.41) is 9.88. The summed E-state index contributed by atoms with van der Waals surface area (Å²) in [6, 6.07) is 7.10. The molecule has 2 unspecified atom stereocenters. The maximum Gasteiger partial charge on any atom is 0.116 e. The first-order chi connectivity index (χ1) is 17.4. The quantitative estimate of drug-likeness (QED) is 0.0957. The molecule has 0 aliphatic heterocycles. The molecule has 1 rings (SSSR count). The van der Waals surface area contributed by atoms with Crippen LogP contribution in [0.1, 0.15) is 126 Å². The van der Waals surface area contributed by atoms with E-state index in [1.54, 1.807) is 5.56 Å². The van der Waals surface area contributed by atoms with Gasteiger partial charge in [-0.3, -0.25) is 0 Å². The third-order valence-corrected chi connectivity index (χ3v) is 8.33. The lowest BCUT2D eigenvalue weighted by Crippen LogP contribution is -2.47. The van der Waals surface area contributed by atoms with E-state index in [-0.39, 0.29) is 0 Å². The zero-order valence-electron chi connectivity index (χ0n) is 24.6. The number of quaternary nitrogens is 1. The summed E-state index contributed by atoms with van der Waals surface area (Å²) in [6.45, 7) is 7.89. The molecule has 6 heteroatoms. The van der Waals surface area contributed by atoms with Crippen LogP contribution in [0.25, 0.3) is 0 Å². The lowest BCUT2D eigenvalue weighted by molar-refractivity contribution is -0.893. The van der Waals surface area contributed by atoms with E-state index in [1.165, 1.54) is 94.6 Å². The van der Waals surface area contributed by atoms with E-state index in [4.69, 9.17) is 0 Å². The van der Waals surface area contributed by atoms with Crippen molar-refractivity contribution >= 4 is 10.1 Å². The summed E-state index contributed by atoms with van der Waals surface area (Å²) in [4.78, 5) is 0. The minimum atomic E-state index is -4.38. The molecule has 0 heterocycles. The van der Waals surface area contributed by atoms with Crippen molar-refractivity contribution in [1.82, 2.24) is 0 Å². The summed E-state index contributed by atoms with van der Waals surface area (Å²) in [5.41, 5.74) is 4.31. The van der Waals surface area contributed by atoms with Crippen LogP contribution in [0.3, 0.4) is 0 Å². The molecule has 0 saturated carbocycles. The van der Waals surface area contributed by atoms with Crippen LogP contribution in [-0.2, 0) is 10.1 Å². The van der Waals surface area contributed by atoms with Crippen LogP contribution in [0.15, 0.2) is 18.2 Å². The van der Waals surface area contributed by atoms with Crippen molar-refractivity contribution in [3.63, 3.8) is 0 Å². The SMILES string of the molecule is CCCCCCCCC(CCCCCCCCC[N+](C)(C)CC(O)CS(=O)(=O)[O-])c1cc(C)cc(C)c1. The van der Waals surface area contributed by atoms with E-state index in [0.717, 1.165) is 19.4 Å². The number of hydrogen-bond acceptors (Lipinski definition) is 4. The van der Waals surface area contributed by atoms with Gasteiger partial charge in [0.15, 0.2) is 0 Å². The minimum Gasteiger partial charge on any atom is -0.748 e. The molecule has 216 valence electrons. The van der Waals surface area contributed by atoms with Crippen LogP contribution in [-0.4, -0.2) is 61.6 Å². The van der Waals surface area contributed by atoms with Gasteiger partial charge >= 0.3 is 0 Å². The van der Waals surface area contributed by atoms with E-state index in [1.807, 2.05) is 14.1 Å². The maximum absolute atomic E-state index is 10.8. The summed E-state index contributed by atoms with van der Waals surface area (Å²) >= 11 is 0. The van der Waals surface area contributed by atoms with E-state index in [2.05, 4.69) is 39.0 Å². The molecule has 0 aliphatic rings. The Morgan fingerprint density at radius 2 is 1.24 bits per heavy atom. The second-order valence-corrected chi connectivity index (χ2v) is 13.6. The van der Waals surface area contributed by atoms with Crippen LogP contribution < -0.4 is 0 Å². The van der Waals surface area contributed by atoms with E-state index in [9.17, 15) is 18.1 Å². The number of aliphatic hydroxyl groups excluding tert-OH is 1. The van der Waals surface area contributed by atoms with Gasteiger partial charge in [-0.15, -0.1) is 0 Å². The highest BCUT2D eigenvalue weighted by molar-refractivity contribution is 7.85. The molecule has 0 amide bonds. The predicted molar refractivity (Wildman–Crippen MR) is 156 cm³/mol. The van der Waals surface area contributed by atoms with Crippen molar-refractivity contribution in [2.45, 2.75) is 129 Å². The minimum absolute atomic E-state index is 0.293. The number of benzene rings is 1.